The summed E-state index contributed by atoms with van der Waals surface area (Å²) in [5.74, 6) is 1.15. The van der Waals surface area contributed by atoms with Crippen molar-refractivity contribution in [3.05, 3.63) is 0 Å². The average molecular weight is 308 g/mol. The van der Waals surface area contributed by atoms with Gasteiger partial charge in [0, 0.05) is 37.3 Å². The Balaban J connectivity index is 0. The first kappa shape index (κ1) is 18.4. The second-order valence-electron chi connectivity index (χ2n) is 3.27. The van der Waals surface area contributed by atoms with E-state index in [2.05, 4.69) is 17.8 Å². The van der Waals surface area contributed by atoms with E-state index in [1.54, 1.807) is 0 Å². The molecule has 1 atom stereocenters. The topological polar surface area (TPSA) is 66.8 Å². The molecule has 0 amide bonds. The van der Waals surface area contributed by atoms with Gasteiger partial charge in [0.15, 0.2) is 0 Å². The Morgan fingerprint density at radius 1 is 1.40 bits per heavy atom. The van der Waals surface area contributed by atoms with Gasteiger partial charge in [0.05, 0.1) is 0 Å². The zero-order valence-corrected chi connectivity index (χ0v) is 14.1. The van der Waals surface area contributed by atoms with Gasteiger partial charge in [-0.15, -0.1) is 0 Å². The molecule has 0 bridgehead atoms. The third kappa shape index (κ3) is 13.0. The van der Waals surface area contributed by atoms with Gasteiger partial charge in [-0.3, -0.25) is 0 Å². The Labute approximate surface area is 109 Å². The first-order valence-electron chi connectivity index (χ1n) is 4.86. The summed E-state index contributed by atoms with van der Waals surface area (Å²) >= 11 is 0.880. The van der Waals surface area contributed by atoms with Crippen molar-refractivity contribution in [1.29, 1.82) is 0 Å². The Hall–Kier alpha value is 1.08. The van der Waals surface area contributed by atoms with Crippen molar-refractivity contribution in [3.63, 3.8) is 0 Å². The standard InChI is InChI=1S/C8H19O4PS.Zn/c1-3-5-6-8(4-2)7-14-12-13(9,10)11;/h8H,3-7H2,1-2H3,(H2,9,10,11);. The summed E-state index contributed by atoms with van der Waals surface area (Å²) in [6.45, 7) is 4.21. The van der Waals surface area contributed by atoms with Crippen LogP contribution < -0.4 is 0 Å². The Morgan fingerprint density at radius 3 is 2.40 bits per heavy atom. The minimum absolute atomic E-state index is 0. The number of phosphoric acid groups is 1. The van der Waals surface area contributed by atoms with E-state index >= 15 is 0 Å². The zero-order chi connectivity index (χ0) is 11.0. The van der Waals surface area contributed by atoms with Crippen molar-refractivity contribution in [1.82, 2.24) is 0 Å². The fraction of sp³-hybridized carbons (Fsp3) is 1.00. The summed E-state index contributed by atoms with van der Waals surface area (Å²) in [5, 5.41) is 0. The van der Waals surface area contributed by atoms with Crippen LogP contribution in [0.4, 0.5) is 0 Å². The third-order valence-electron chi connectivity index (χ3n) is 2.00. The minimum Gasteiger partial charge on any atom is -0.302 e. The molecule has 0 spiro atoms. The molecule has 0 aliphatic carbocycles. The molecule has 0 fully saturated rings. The van der Waals surface area contributed by atoms with E-state index in [-0.39, 0.29) is 19.5 Å². The summed E-state index contributed by atoms with van der Waals surface area (Å²) in [6, 6.07) is 0. The largest absolute Gasteiger partial charge is 0.480 e. The Kier molecular flexibility index (Phi) is 12.6. The Morgan fingerprint density at radius 2 is 2.00 bits per heavy atom. The van der Waals surface area contributed by atoms with Crippen molar-refractivity contribution in [3.8, 4) is 0 Å². The molecule has 15 heavy (non-hydrogen) atoms. The van der Waals surface area contributed by atoms with Crippen LogP contribution in [0.15, 0.2) is 0 Å². The van der Waals surface area contributed by atoms with Crippen LogP contribution in [0.2, 0.25) is 0 Å². The molecule has 0 aliphatic heterocycles. The molecule has 0 aromatic rings. The zero-order valence-electron chi connectivity index (χ0n) is 9.39. The van der Waals surface area contributed by atoms with Crippen LogP contribution >= 0.6 is 19.9 Å². The predicted molar refractivity (Wildman–Crippen MR) is 58.9 cm³/mol. The van der Waals surface area contributed by atoms with Crippen molar-refractivity contribution >= 4 is 19.9 Å². The van der Waals surface area contributed by atoms with Crippen LogP contribution in [0.1, 0.15) is 39.5 Å². The second kappa shape index (κ2) is 10.3. The molecule has 88 valence electrons. The molecule has 0 rings (SSSR count). The maximum Gasteiger partial charge on any atom is 0.480 e. The van der Waals surface area contributed by atoms with Crippen molar-refractivity contribution in [2.24, 2.45) is 5.92 Å². The third-order valence-corrected chi connectivity index (χ3v) is 3.80. The quantitative estimate of drug-likeness (QED) is 0.410. The minimum atomic E-state index is -4.30. The van der Waals surface area contributed by atoms with Crippen LogP contribution in [0, 0.1) is 5.92 Å². The first-order valence-corrected chi connectivity index (χ1v) is 7.30. The van der Waals surface area contributed by atoms with Crippen LogP contribution in [0.25, 0.3) is 0 Å². The molecule has 0 aliphatic rings. The summed E-state index contributed by atoms with van der Waals surface area (Å²) in [7, 11) is -4.30. The molecule has 0 aromatic heterocycles. The number of unbranched alkanes of at least 4 members (excludes halogenated alkanes) is 1. The van der Waals surface area contributed by atoms with Gasteiger partial charge in [-0.1, -0.05) is 33.1 Å². The number of hydrogen-bond acceptors (Lipinski definition) is 3. The molecule has 2 N–H and O–H groups in total. The van der Waals surface area contributed by atoms with Gasteiger partial charge in [0.1, 0.15) is 0 Å². The number of hydrogen-bond donors (Lipinski definition) is 2. The SMILES string of the molecule is CCCCC(CC)CSOP(=O)(O)O.[Zn]. The molecular formula is C8H19O4PSZn. The van der Waals surface area contributed by atoms with Gasteiger partial charge < -0.3 is 9.79 Å². The van der Waals surface area contributed by atoms with Gasteiger partial charge in [-0.2, -0.15) is 0 Å². The molecule has 0 heterocycles. The van der Waals surface area contributed by atoms with E-state index in [1.165, 1.54) is 0 Å². The van der Waals surface area contributed by atoms with Crippen LogP contribution in [-0.4, -0.2) is 15.5 Å². The van der Waals surface area contributed by atoms with E-state index in [0.29, 0.717) is 11.7 Å². The fourth-order valence-corrected chi connectivity index (χ4v) is 2.48. The average Bonchev–Trinajstić information content (AvgIpc) is 2.09. The summed E-state index contributed by atoms with van der Waals surface area (Å²) in [5.41, 5.74) is 0. The van der Waals surface area contributed by atoms with Crippen molar-refractivity contribution in [2.45, 2.75) is 39.5 Å². The van der Waals surface area contributed by atoms with Crippen molar-refractivity contribution in [2.75, 3.05) is 5.75 Å². The predicted octanol–water partition coefficient (Wildman–Crippen LogP) is 2.96. The van der Waals surface area contributed by atoms with E-state index in [0.717, 1.165) is 37.7 Å². The second-order valence-corrected chi connectivity index (χ2v) is 5.41. The molecular weight excluding hydrogens is 289 g/mol. The van der Waals surface area contributed by atoms with Gasteiger partial charge in [-0.05, 0) is 12.3 Å². The van der Waals surface area contributed by atoms with Crippen LogP contribution in [-0.2, 0) is 28.0 Å². The molecule has 0 saturated heterocycles. The molecule has 0 aromatic carbocycles. The maximum atomic E-state index is 10.4. The van der Waals surface area contributed by atoms with E-state index in [4.69, 9.17) is 9.79 Å². The van der Waals surface area contributed by atoms with Gasteiger partial charge in [0.25, 0.3) is 0 Å². The van der Waals surface area contributed by atoms with E-state index in [1.807, 2.05) is 0 Å². The van der Waals surface area contributed by atoms with E-state index in [9.17, 15) is 4.57 Å². The van der Waals surface area contributed by atoms with Crippen LogP contribution in [0.5, 0.6) is 0 Å². The molecule has 1 unspecified atom stereocenters. The summed E-state index contributed by atoms with van der Waals surface area (Å²) < 4.78 is 14.7. The maximum absolute atomic E-state index is 10.4. The fourth-order valence-electron chi connectivity index (χ4n) is 1.09. The normalized spacial score (nSPS) is 13.3. The smallest absolute Gasteiger partial charge is 0.302 e. The summed E-state index contributed by atoms with van der Waals surface area (Å²) in [6.07, 6.45) is 4.44. The summed E-state index contributed by atoms with van der Waals surface area (Å²) in [4.78, 5) is 16.9. The first-order chi connectivity index (χ1) is 6.49. The molecule has 0 saturated carbocycles. The number of rotatable bonds is 8. The van der Waals surface area contributed by atoms with Crippen LogP contribution in [0.3, 0.4) is 0 Å². The molecule has 0 radical (unpaired) electrons. The van der Waals surface area contributed by atoms with Gasteiger partial charge in [-0.25, -0.2) is 8.54 Å². The molecule has 7 heteroatoms. The van der Waals surface area contributed by atoms with Crippen molar-refractivity contribution < 1.29 is 37.8 Å². The molecule has 4 nitrogen and oxygen atoms in total. The Bertz CT molecular complexity index is 187. The van der Waals surface area contributed by atoms with E-state index < -0.39 is 7.82 Å². The van der Waals surface area contributed by atoms with Gasteiger partial charge >= 0.3 is 7.82 Å². The van der Waals surface area contributed by atoms with Gasteiger partial charge in [0.2, 0.25) is 0 Å². The monoisotopic (exact) mass is 306 g/mol.